The minimum atomic E-state index is -0.304. The van der Waals surface area contributed by atoms with Crippen molar-refractivity contribution in [2.75, 3.05) is 6.54 Å². The molecule has 3 rings (SSSR count). The lowest BCUT2D eigenvalue weighted by Crippen LogP contribution is -2.53. The number of nitrogens with zero attached hydrogens (tertiary/aromatic N) is 1. The third kappa shape index (κ3) is 3.32. The van der Waals surface area contributed by atoms with E-state index in [-0.39, 0.29) is 17.9 Å². The molecule has 0 spiro atoms. The molecule has 0 radical (unpaired) electrons. The van der Waals surface area contributed by atoms with Crippen LogP contribution >= 0.6 is 0 Å². The van der Waals surface area contributed by atoms with Crippen molar-refractivity contribution in [3.05, 3.63) is 35.9 Å². The highest BCUT2D eigenvalue weighted by molar-refractivity contribution is 5.97. The Morgan fingerprint density at radius 2 is 1.64 bits per heavy atom. The second-order valence-electron chi connectivity index (χ2n) is 6.37. The number of likely N-dealkylation sites (tertiary alicyclic amines) is 1. The molecule has 4 nitrogen and oxygen atoms in total. The van der Waals surface area contributed by atoms with Crippen LogP contribution in [-0.4, -0.2) is 35.3 Å². The molecule has 118 valence electrons. The average molecular weight is 300 g/mol. The van der Waals surface area contributed by atoms with Crippen LogP contribution in [0.15, 0.2) is 30.3 Å². The van der Waals surface area contributed by atoms with Gasteiger partial charge in [0.15, 0.2) is 0 Å². The van der Waals surface area contributed by atoms with E-state index in [9.17, 15) is 9.59 Å². The summed E-state index contributed by atoms with van der Waals surface area (Å²) in [4.78, 5) is 27.1. The number of benzene rings is 1. The van der Waals surface area contributed by atoms with E-state index in [1.54, 1.807) is 4.90 Å². The Kier molecular flexibility index (Phi) is 4.76. The third-order valence-electron chi connectivity index (χ3n) is 4.79. The van der Waals surface area contributed by atoms with E-state index in [4.69, 9.17) is 0 Å². The Hall–Kier alpha value is -1.84. The Balaban J connectivity index is 1.70. The van der Waals surface area contributed by atoms with Gasteiger partial charge in [-0.15, -0.1) is 0 Å². The Labute approximate surface area is 131 Å². The Morgan fingerprint density at radius 1 is 0.955 bits per heavy atom. The van der Waals surface area contributed by atoms with E-state index in [2.05, 4.69) is 5.32 Å². The minimum absolute atomic E-state index is 0.0214. The maximum Gasteiger partial charge on any atom is 0.254 e. The second-order valence-corrected chi connectivity index (χ2v) is 6.37. The monoisotopic (exact) mass is 300 g/mol. The van der Waals surface area contributed by atoms with Crippen molar-refractivity contribution in [3.63, 3.8) is 0 Å². The molecule has 1 atom stereocenters. The van der Waals surface area contributed by atoms with Crippen molar-refractivity contribution in [2.24, 2.45) is 0 Å². The number of carbonyl (C=O) groups is 2. The highest BCUT2D eigenvalue weighted by Gasteiger charge is 2.33. The lowest BCUT2D eigenvalue weighted by molar-refractivity contribution is -0.127. The summed E-state index contributed by atoms with van der Waals surface area (Å²) in [6.07, 6.45) is 7.31. The molecule has 0 bridgehead atoms. The molecule has 22 heavy (non-hydrogen) atoms. The molecule has 1 aliphatic carbocycles. The first-order valence-corrected chi connectivity index (χ1v) is 8.42. The van der Waals surface area contributed by atoms with Crippen molar-refractivity contribution in [1.82, 2.24) is 10.2 Å². The van der Waals surface area contributed by atoms with Gasteiger partial charge < -0.3 is 10.2 Å². The van der Waals surface area contributed by atoms with Gasteiger partial charge in [-0.3, -0.25) is 9.59 Å². The first-order chi connectivity index (χ1) is 10.8. The van der Waals surface area contributed by atoms with E-state index >= 15 is 0 Å². The first kappa shape index (κ1) is 15.1. The highest BCUT2D eigenvalue weighted by atomic mass is 16.2. The zero-order valence-electron chi connectivity index (χ0n) is 13.0. The fourth-order valence-electron chi connectivity index (χ4n) is 3.56. The van der Waals surface area contributed by atoms with Crippen LogP contribution < -0.4 is 5.32 Å². The molecule has 1 aliphatic heterocycles. The summed E-state index contributed by atoms with van der Waals surface area (Å²) in [5.74, 6) is 0.0164. The third-order valence-corrected chi connectivity index (χ3v) is 4.79. The fourth-order valence-corrected chi connectivity index (χ4v) is 3.56. The van der Waals surface area contributed by atoms with E-state index < -0.39 is 0 Å². The molecule has 1 aromatic carbocycles. The van der Waals surface area contributed by atoms with Crippen molar-refractivity contribution in [3.8, 4) is 0 Å². The number of hydrogen-bond donors (Lipinski definition) is 1. The van der Waals surface area contributed by atoms with Gasteiger partial charge in [-0.05, 0) is 44.2 Å². The summed E-state index contributed by atoms with van der Waals surface area (Å²) in [5.41, 5.74) is 0.670. The van der Waals surface area contributed by atoms with Crippen LogP contribution in [0, 0.1) is 0 Å². The van der Waals surface area contributed by atoms with Gasteiger partial charge >= 0.3 is 0 Å². The van der Waals surface area contributed by atoms with Crippen LogP contribution in [0.2, 0.25) is 0 Å². The summed E-state index contributed by atoms with van der Waals surface area (Å²) >= 11 is 0. The van der Waals surface area contributed by atoms with E-state index in [0.717, 1.165) is 32.1 Å². The predicted octanol–water partition coefficient (Wildman–Crippen LogP) is 2.74. The summed E-state index contributed by atoms with van der Waals surface area (Å²) in [5, 5.41) is 3.15. The topological polar surface area (TPSA) is 49.4 Å². The molecule has 1 aromatic rings. The van der Waals surface area contributed by atoms with Crippen molar-refractivity contribution < 1.29 is 9.59 Å². The molecule has 2 amide bonds. The van der Waals surface area contributed by atoms with Gasteiger partial charge in [-0.25, -0.2) is 0 Å². The number of rotatable bonds is 3. The molecular weight excluding hydrogens is 276 g/mol. The zero-order valence-corrected chi connectivity index (χ0v) is 13.0. The van der Waals surface area contributed by atoms with Gasteiger partial charge in [0.25, 0.3) is 5.91 Å². The Bertz CT molecular complexity index is 523. The van der Waals surface area contributed by atoms with Gasteiger partial charge in [0.2, 0.25) is 5.91 Å². The van der Waals surface area contributed by atoms with Gasteiger partial charge in [0.05, 0.1) is 0 Å². The molecule has 1 unspecified atom stereocenters. The van der Waals surface area contributed by atoms with Crippen LogP contribution in [0.25, 0.3) is 0 Å². The van der Waals surface area contributed by atoms with Crippen molar-refractivity contribution >= 4 is 11.8 Å². The lowest BCUT2D eigenvalue weighted by atomic mass is 9.99. The van der Waals surface area contributed by atoms with Crippen LogP contribution in [0.4, 0.5) is 0 Å². The largest absolute Gasteiger partial charge is 0.352 e. The summed E-state index contributed by atoms with van der Waals surface area (Å²) in [6.45, 7) is 0.677. The maximum atomic E-state index is 12.7. The number of piperidine rings is 1. The van der Waals surface area contributed by atoms with E-state index in [1.165, 1.54) is 12.8 Å². The Morgan fingerprint density at radius 3 is 2.36 bits per heavy atom. The zero-order chi connectivity index (χ0) is 15.4. The minimum Gasteiger partial charge on any atom is -0.352 e. The molecule has 0 aromatic heterocycles. The quantitative estimate of drug-likeness (QED) is 0.933. The number of hydrogen-bond acceptors (Lipinski definition) is 2. The average Bonchev–Trinajstić information content (AvgIpc) is 3.08. The van der Waals surface area contributed by atoms with Crippen LogP contribution in [0.3, 0.4) is 0 Å². The molecule has 1 heterocycles. The van der Waals surface area contributed by atoms with Crippen molar-refractivity contribution in [1.29, 1.82) is 0 Å². The molecule has 2 aliphatic rings. The maximum absolute atomic E-state index is 12.7. The molecule has 4 heteroatoms. The van der Waals surface area contributed by atoms with E-state index in [1.807, 2.05) is 30.3 Å². The molecule has 1 saturated carbocycles. The number of nitrogens with one attached hydrogen (secondary N) is 1. The number of amides is 2. The first-order valence-electron chi connectivity index (χ1n) is 8.42. The summed E-state index contributed by atoms with van der Waals surface area (Å²) < 4.78 is 0. The van der Waals surface area contributed by atoms with Crippen LogP contribution in [-0.2, 0) is 4.79 Å². The molecule has 1 saturated heterocycles. The predicted molar refractivity (Wildman–Crippen MR) is 85.5 cm³/mol. The van der Waals surface area contributed by atoms with Crippen LogP contribution in [0.1, 0.15) is 55.3 Å². The highest BCUT2D eigenvalue weighted by Crippen LogP contribution is 2.22. The lowest BCUT2D eigenvalue weighted by Gasteiger charge is -2.35. The molecular formula is C18H24N2O2. The van der Waals surface area contributed by atoms with Crippen LogP contribution in [0.5, 0.6) is 0 Å². The SMILES string of the molecule is O=C(NC1CCCC1)C1CCCCN1C(=O)c1ccccc1. The van der Waals surface area contributed by atoms with Crippen molar-refractivity contribution in [2.45, 2.75) is 57.0 Å². The van der Waals surface area contributed by atoms with Gasteiger partial charge in [0.1, 0.15) is 6.04 Å². The number of carbonyl (C=O) groups excluding carboxylic acids is 2. The second kappa shape index (κ2) is 6.95. The molecule has 1 N–H and O–H groups in total. The van der Waals surface area contributed by atoms with Gasteiger partial charge in [0, 0.05) is 18.2 Å². The van der Waals surface area contributed by atoms with Gasteiger partial charge in [-0.1, -0.05) is 31.0 Å². The molecule has 2 fully saturated rings. The van der Waals surface area contributed by atoms with Gasteiger partial charge in [-0.2, -0.15) is 0 Å². The normalized spacial score (nSPS) is 22.5. The fraction of sp³-hybridized carbons (Fsp3) is 0.556. The van der Waals surface area contributed by atoms with E-state index in [0.29, 0.717) is 18.2 Å². The summed E-state index contributed by atoms with van der Waals surface area (Å²) in [6, 6.07) is 9.28. The summed E-state index contributed by atoms with van der Waals surface area (Å²) in [7, 11) is 0. The standard InChI is InChI=1S/C18H24N2O2/c21-17(19-15-10-4-5-11-15)16-12-6-7-13-20(16)18(22)14-8-2-1-3-9-14/h1-3,8-9,15-16H,4-7,10-13H2,(H,19,21). The smallest absolute Gasteiger partial charge is 0.254 e.